The highest BCUT2D eigenvalue weighted by atomic mass is 32.2. The molecule has 3 nitrogen and oxygen atoms in total. The first kappa shape index (κ1) is 14.2. The van der Waals surface area contributed by atoms with Crippen molar-refractivity contribution in [3.05, 3.63) is 0 Å². The summed E-state index contributed by atoms with van der Waals surface area (Å²) in [5.74, 6) is 3.54. The summed E-state index contributed by atoms with van der Waals surface area (Å²) < 4.78 is 0. The molecule has 0 aromatic rings. The van der Waals surface area contributed by atoms with Crippen LogP contribution >= 0.6 is 11.8 Å². The lowest BCUT2D eigenvalue weighted by Crippen LogP contribution is -2.42. The molecule has 4 heteroatoms. The number of amides is 1. The number of carbonyl (C=O) groups excluding carboxylic acids is 1. The highest BCUT2D eigenvalue weighted by Crippen LogP contribution is 2.26. The molecule has 104 valence electrons. The van der Waals surface area contributed by atoms with Gasteiger partial charge in [-0.15, -0.1) is 0 Å². The zero-order chi connectivity index (χ0) is 12.8. The van der Waals surface area contributed by atoms with Crippen LogP contribution in [-0.2, 0) is 4.79 Å². The molecule has 0 aromatic carbocycles. The maximum atomic E-state index is 12.5. The van der Waals surface area contributed by atoms with Crippen molar-refractivity contribution >= 4 is 17.7 Å². The van der Waals surface area contributed by atoms with Gasteiger partial charge in [-0.1, -0.05) is 6.92 Å². The summed E-state index contributed by atoms with van der Waals surface area (Å²) in [7, 11) is 0. The minimum Gasteiger partial charge on any atom is -0.338 e. The minimum atomic E-state index is 0.405. The topological polar surface area (TPSA) is 32.3 Å². The monoisotopic (exact) mass is 270 g/mol. The Kier molecular flexibility index (Phi) is 5.83. The van der Waals surface area contributed by atoms with E-state index in [0.29, 0.717) is 17.9 Å². The van der Waals surface area contributed by atoms with Gasteiger partial charge in [0.1, 0.15) is 0 Å². The van der Waals surface area contributed by atoms with E-state index in [9.17, 15) is 4.79 Å². The first-order valence-corrected chi connectivity index (χ1v) is 8.54. The summed E-state index contributed by atoms with van der Waals surface area (Å²) in [6.45, 7) is 5.16. The van der Waals surface area contributed by atoms with Crippen LogP contribution in [0.15, 0.2) is 0 Å². The Morgan fingerprint density at radius 1 is 1.33 bits per heavy atom. The van der Waals surface area contributed by atoms with Crippen LogP contribution in [0.1, 0.15) is 39.0 Å². The quantitative estimate of drug-likeness (QED) is 0.830. The molecule has 0 bridgehead atoms. The van der Waals surface area contributed by atoms with E-state index in [4.69, 9.17) is 0 Å². The molecule has 0 spiro atoms. The van der Waals surface area contributed by atoms with Crippen LogP contribution in [0.25, 0.3) is 0 Å². The normalized spacial score (nSPS) is 25.3. The van der Waals surface area contributed by atoms with Gasteiger partial charge in [0.15, 0.2) is 0 Å². The number of hydrogen-bond acceptors (Lipinski definition) is 3. The van der Waals surface area contributed by atoms with Crippen LogP contribution < -0.4 is 5.32 Å². The average molecular weight is 270 g/mol. The number of carbonyl (C=O) groups is 1. The smallest absolute Gasteiger partial charge is 0.223 e. The van der Waals surface area contributed by atoms with Gasteiger partial charge >= 0.3 is 0 Å². The molecule has 0 aromatic heterocycles. The highest BCUT2D eigenvalue weighted by molar-refractivity contribution is 7.99. The minimum absolute atomic E-state index is 0.405. The lowest BCUT2D eigenvalue weighted by atomic mass is 9.97. The molecule has 2 fully saturated rings. The maximum Gasteiger partial charge on any atom is 0.223 e. The van der Waals surface area contributed by atoms with Crippen molar-refractivity contribution in [1.82, 2.24) is 10.2 Å². The number of hydrogen-bond donors (Lipinski definition) is 1. The highest BCUT2D eigenvalue weighted by Gasteiger charge is 2.27. The largest absolute Gasteiger partial charge is 0.338 e. The Labute approximate surface area is 115 Å². The first-order valence-electron chi connectivity index (χ1n) is 7.39. The lowest BCUT2D eigenvalue weighted by Gasteiger charge is -2.30. The molecule has 18 heavy (non-hydrogen) atoms. The van der Waals surface area contributed by atoms with E-state index in [0.717, 1.165) is 38.9 Å². The molecule has 0 saturated carbocycles. The Morgan fingerprint density at radius 2 is 2.11 bits per heavy atom. The second-order valence-corrected chi connectivity index (χ2v) is 6.72. The van der Waals surface area contributed by atoms with Crippen LogP contribution in [0, 0.1) is 5.92 Å². The predicted octanol–water partition coefficient (Wildman–Crippen LogP) is 2.12. The summed E-state index contributed by atoms with van der Waals surface area (Å²) in [6.07, 6.45) is 5.46. The SMILES string of the molecule is CCCN(C(=O)CC1CCSCC1)C1CCNC1. The molecule has 1 amide bonds. The van der Waals surface area contributed by atoms with Gasteiger partial charge in [0.05, 0.1) is 0 Å². The Hall–Kier alpha value is -0.220. The number of rotatable bonds is 5. The van der Waals surface area contributed by atoms with Crippen LogP contribution in [-0.4, -0.2) is 48.0 Å². The summed E-state index contributed by atoms with van der Waals surface area (Å²) in [5.41, 5.74) is 0. The molecule has 1 N–H and O–H groups in total. The number of nitrogens with one attached hydrogen (secondary N) is 1. The third-order valence-corrected chi connectivity index (χ3v) is 5.11. The van der Waals surface area contributed by atoms with Crippen molar-refractivity contribution in [3.8, 4) is 0 Å². The van der Waals surface area contributed by atoms with E-state index >= 15 is 0 Å². The fourth-order valence-electron chi connectivity index (χ4n) is 2.97. The molecule has 1 unspecified atom stereocenters. The Balaban J connectivity index is 1.85. The van der Waals surface area contributed by atoms with E-state index in [-0.39, 0.29) is 0 Å². The molecule has 0 radical (unpaired) electrons. The number of nitrogens with zero attached hydrogens (tertiary/aromatic N) is 1. The maximum absolute atomic E-state index is 12.5. The van der Waals surface area contributed by atoms with E-state index in [1.165, 1.54) is 24.3 Å². The van der Waals surface area contributed by atoms with Crippen molar-refractivity contribution in [2.45, 2.75) is 45.1 Å². The second kappa shape index (κ2) is 7.39. The van der Waals surface area contributed by atoms with Gasteiger partial charge in [0.25, 0.3) is 0 Å². The van der Waals surface area contributed by atoms with Crippen LogP contribution in [0.5, 0.6) is 0 Å². The molecule has 1 atom stereocenters. The molecule has 2 heterocycles. The molecular formula is C14H26N2OS. The Bertz CT molecular complexity index is 261. The molecule has 2 aliphatic rings. The van der Waals surface area contributed by atoms with Crippen molar-refractivity contribution < 1.29 is 4.79 Å². The van der Waals surface area contributed by atoms with Gasteiger partial charge in [-0.2, -0.15) is 11.8 Å². The lowest BCUT2D eigenvalue weighted by molar-refractivity contribution is -0.134. The molecule has 2 aliphatic heterocycles. The summed E-state index contributed by atoms with van der Waals surface area (Å²) >= 11 is 2.03. The second-order valence-electron chi connectivity index (χ2n) is 5.49. The zero-order valence-corrected chi connectivity index (χ0v) is 12.3. The summed E-state index contributed by atoms with van der Waals surface area (Å²) in [5, 5.41) is 3.37. The van der Waals surface area contributed by atoms with Crippen LogP contribution in [0.2, 0.25) is 0 Å². The third kappa shape index (κ3) is 3.89. The van der Waals surface area contributed by atoms with E-state index < -0.39 is 0 Å². The van der Waals surface area contributed by atoms with E-state index in [2.05, 4.69) is 17.1 Å². The van der Waals surface area contributed by atoms with Crippen molar-refractivity contribution in [1.29, 1.82) is 0 Å². The summed E-state index contributed by atoms with van der Waals surface area (Å²) in [6, 6.07) is 0.454. The molecular weight excluding hydrogens is 244 g/mol. The predicted molar refractivity (Wildman–Crippen MR) is 77.9 cm³/mol. The fourth-order valence-corrected chi connectivity index (χ4v) is 4.18. The van der Waals surface area contributed by atoms with Gasteiger partial charge in [0, 0.05) is 25.6 Å². The Morgan fingerprint density at radius 3 is 2.72 bits per heavy atom. The van der Waals surface area contributed by atoms with E-state index in [1.54, 1.807) is 0 Å². The fraction of sp³-hybridized carbons (Fsp3) is 0.929. The number of thioether (sulfide) groups is 1. The zero-order valence-electron chi connectivity index (χ0n) is 11.5. The first-order chi connectivity index (χ1) is 8.81. The third-order valence-electron chi connectivity index (χ3n) is 4.06. The van der Waals surface area contributed by atoms with Crippen LogP contribution in [0.3, 0.4) is 0 Å². The van der Waals surface area contributed by atoms with Gasteiger partial charge in [-0.25, -0.2) is 0 Å². The average Bonchev–Trinajstić information content (AvgIpc) is 2.90. The standard InChI is InChI=1S/C14H26N2OS/c1-2-7-16(13-3-6-15-11-13)14(17)10-12-4-8-18-9-5-12/h12-13,15H,2-11H2,1H3. The summed E-state index contributed by atoms with van der Waals surface area (Å²) in [4.78, 5) is 14.6. The molecule has 2 rings (SSSR count). The molecule has 2 saturated heterocycles. The van der Waals surface area contributed by atoms with Crippen LogP contribution in [0.4, 0.5) is 0 Å². The molecule has 0 aliphatic carbocycles. The van der Waals surface area contributed by atoms with Gasteiger partial charge in [-0.3, -0.25) is 4.79 Å². The van der Waals surface area contributed by atoms with Crippen molar-refractivity contribution in [3.63, 3.8) is 0 Å². The van der Waals surface area contributed by atoms with Gasteiger partial charge < -0.3 is 10.2 Å². The van der Waals surface area contributed by atoms with Gasteiger partial charge in [-0.05, 0) is 49.7 Å². The van der Waals surface area contributed by atoms with Crippen molar-refractivity contribution in [2.75, 3.05) is 31.1 Å². The van der Waals surface area contributed by atoms with E-state index in [1.807, 2.05) is 11.8 Å². The van der Waals surface area contributed by atoms with Gasteiger partial charge in [0.2, 0.25) is 5.91 Å². The van der Waals surface area contributed by atoms with Crippen molar-refractivity contribution in [2.24, 2.45) is 5.92 Å².